The van der Waals surface area contributed by atoms with Crippen molar-refractivity contribution in [3.05, 3.63) is 77.4 Å². The lowest BCUT2D eigenvalue weighted by Gasteiger charge is -2.05. The number of ketones is 1. The summed E-state index contributed by atoms with van der Waals surface area (Å²) in [5, 5.41) is 9.98. The molecule has 2 rings (SSSR count). The zero-order chi connectivity index (χ0) is 16.7. The van der Waals surface area contributed by atoms with Gasteiger partial charge in [-0.1, -0.05) is 48.5 Å². The van der Waals surface area contributed by atoms with Gasteiger partial charge in [0, 0.05) is 6.08 Å². The first-order valence-electron chi connectivity index (χ1n) is 6.97. The number of esters is 1. The van der Waals surface area contributed by atoms with E-state index in [0.717, 1.165) is 5.56 Å². The van der Waals surface area contributed by atoms with Crippen LogP contribution in [-0.4, -0.2) is 24.0 Å². The molecule has 0 amide bonds. The van der Waals surface area contributed by atoms with Crippen LogP contribution >= 0.6 is 0 Å². The minimum Gasteiger partial charge on any atom is -0.507 e. The van der Waals surface area contributed by atoms with Gasteiger partial charge in [-0.05, 0) is 29.3 Å². The van der Waals surface area contributed by atoms with E-state index in [1.54, 1.807) is 18.2 Å². The number of phenolic OH excluding ortho intramolecular Hbond substituents is 1. The van der Waals surface area contributed by atoms with Crippen LogP contribution in [0.3, 0.4) is 0 Å². The monoisotopic (exact) mass is 308 g/mol. The predicted octanol–water partition coefficient (Wildman–Crippen LogP) is 3.47. The molecular weight excluding hydrogens is 292 g/mol. The van der Waals surface area contributed by atoms with Gasteiger partial charge in [0.2, 0.25) is 0 Å². The average Bonchev–Trinajstić information content (AvgIpc) is 2.58. The van der Waals surface area contributed by atoms with Gasteiger partial charge < -0.3 is 9.84 Å². The number of rotatable bonds is 5. The Hall–Kier alpha value is -3.14. The van der Waals surface area contributed by atoms with E-state index < -0.39 is 5.97 Å². The second kappa shape index (κ2) is 7.75. The molecule has 0 aliphatic carbocycles. The number of ether oxygens (including phenoxy) is 1. The Labute approximate surface area is 134 Å². The van der Waals surface area contributed by atoms with Crippen LogP contribution < -0.4 is 0 Å². The second-order valence-corrected chi connectivity index (χ2v) is 4.71. The molecule has 4 heteroatoms. The van der Waals surface area contributed by atoms with Gasteiger partial charge in [-0.15, -0.1) is 0 Å². The fraction of sp³-hybridized carbons (Fsp3) is 0.0526. The smallest absolute Gasteiger partial charge is 0.330 e. The third-order valence-electron chi connectivity index (χ3n) is 3.15. The number of aromatic hydroxyl groups is 1. The number of allylic oxidation sites excluding steroid dienone is 1. The molecule has 0 heterocycles. The van der Waals surface area contributed by atoms with Crippen LogP contribution in [0.25, 0.3) is 12.2 Å². The van der Waals surface area contributed by atoms with E-state index in [2.05, 4.69) is 4.74 Å². The van der Waals surface area contributed by atoms with Crippen molar-refractivity contribution in [2.24, 2.45) is 0 Å². The lowest BCUT2D eigenvalue weighted by atomic mass is 10.0. The molecule has 23 heavy (non-hydrogen) atoms. The number of benzene rings is 2. The molecule has 0 unspecified atom stereocenters. The molecule has 116 valence electrons. The Morgan fingerprint density at radius 1 is 0.957 bits per heavy atom. The zero-order valence-corrected chi connectivity index (χ0v) is 12.6. The minimum atomic E-state index is -0.536. The van der Waals surface area contributed by atoms with Gasteiger partial charge in [-0.25, -0.2) is 4.79 Å². The molecule has 0 fully saturated rings. The lowest BCUT2D eigenvalue weighted by molar-refractivity contribution is -0.134. The van der Waals surface area contributed by atoms with Crippen LogP contribution in [0, 0.1) is 0 Å². The van der Waals surface area contributed by atoms with E-state index in [9.17, 15) is 14.7 Å². The molecule has 2 aromatic carbocycles. The Balaban J connectivity index is 2.31. The van der Waals surface area contributed by atoms with Crippen molar-refractivity contribution in [1.29, 1.82) is 0 Å². The normalized spacial score (nSPS) is 11.0. The topological polar surface area (TPSA) is 63.6 Å². The molecule has 0 aliphatic heterocycles. The van der Waals surface area contributed by atoms with Crippen LogP contribution in [0.5, 0.6) is 5.75 Å². The number of carbonyl (C=O) groups excluding carboxylic acids is 2. The molecule has 0 spiro atoms. The molecule has 0 bridgehead atoms. The fourth-order valence-corrected chi connectivity index (χ4v) is 2.01. The maximum atomic E-state index is 12.4. The van der Waals surface area contributed by atoms with Crippen molar-refractivity contribution in [1.82, 2.24) is 0 Å². The number of hydrogen-bond donors (Lipinski definition) is 1. The van der Waals surface area contributed by atoms with Crippen LogP contribution in [-0.2, 0) is 9.53 Å². The highest BCUT2D eigenvalue weighted by atomic mass is 16.5. The predicted molar refractivity (Wildman–Crippen MR) is 89.0 cm³/mol. The van der Waals surface area contributed by atoms with Crippen molar-refractivity contribution >= 4 is 23.9 Å². The summed E-state index contributed by atoms with van der Waals surface area (Å²) in [6, 6.07) is 14.0. The van der Waals surface area contributed by atoms with Crippen molar-refractivity contribution in [3.8, 4) is 5.75 Å². The van der Waals surface area contributed by atoms with E-state index in [1.807, 2.05) is 30.3 Å². The third kappa shape index (κ3) is 4.41. The van der Waals surface area contributed by atoms with Crippen molar-refractivity contribution in [3.63, 3.8) is 0 Å². The molecule has 0 atom stereocenters. The third-order valence-corrected chi connectivity index (χ3v) is 3.15. The Morgan fingerprint density at radius 2 is 1.70 bits per heavy atom. The first-order valence-corrected chi connectivity index (χ1v) is 6.97. The molecule has 0 saturated carbocycles. The Bertz CT molecular complexity index is 758. The highest BCUT2D eigenvalue weighted by Crippen LogP contribution is 2.23. The summed E-state index contributed by atoms with van der Waals surface area (Å²) in [4.78, 5) is 23.6. The molecule has 0 radical (unpaired) electrons. The van der Waals surface area contributed by atoms with Crippen molar-refractivity contribution in [2.75, 3.05) is 7.11 Å². The molecule has 0 saturated heterocycles. The lowest BCUT2D eigenvalue weighted by Crippen LogP contribution is -1.99. The van der Waals surface area contributed by atoms with Crippen LogP contribution in [0.2, 0.25) is 0 Å². The first kappa shape index (κ1) is 16.2. The Kier molecular flexibility index (Phi) is 5.47. The molecule has 0 aliphatic rings. The summed E-state index contributed by atoms with van der Waals surface area (Å²) in [6.07, 6.45) is 5.70. The van der Waals surface area contributed by atoms with Gasteiger partial charge in [0.15, 0.2) is 5.78 Å². The zero-order valence-electron chi connectivity index (χ0n) is 12.6. The van der Waals surface area contributed by atoms with Crippen molar-refractivity contribution in [2.45, 2.75) is 0 Å². The molecule has 4 nitrogen and oxygen atoms in total. The molecule has 2 aromatic rings. The van der Waals surface area contributed by atoms with Gasteiger partial charge in [0.25, 0.3) is 0 Å². The standard InChI is InChI=1S/C19H16O4/c1-23-18(22)13-11-15-8-5-9-16(20)19(15)17(21)12-10-14-6-3-2-4-7-14/h2-13,20H,1H3/b12-10+,13-11+. The second-order valence-electron chi connectivity index (χ2n) is 4.71. The summed E-state index contributed by atoms with van der Waals surface area (Å²) in [6.45, 7) is 0. The summed E-state index contributed by atoms with van der Waals surface area (Å²) >= 11 is 0. The highest BCUT2D eigenvalue weighted by molar-refractivity contribution is 6.11. The minimum absolute atomic E-state index is 0.139. The number of phenols is 1. The van der Waals surface area contributed by atoms with E-state index in [-0.39, 0.29) is 17.1 Å². The van der Waals surface area contributed by atoms with Crippen LogP contribution in [0.1, 0.15) is 21.5 Å². The van der Waals surface area contributed by atoms with Gasteiger partial charge >= 0.3 is 5.97 Å². The van der Waals surface area contributed by atoms with E-state index >= 15 is 0 Å². The summed E-state index contributed by atoms with van der Waals surface area (Å²) in [7, 11) is 1.27. The van der Waals surface area contributed by atoms with Gasteiger partial charge in [0.1, 0.15) is 5.75 Å². The van der Waals surface area contributed by atoms with E-state index in [0.29, 0.717) is 5.56 Å². The number of methoxy groups -OCH3 is 1. The first-order chi connectivity index (χ1) is 11.1. The van der Waals surface area contributed by atoms with Crippen LogP contribution in [0.15, 0.2) is 60.7 Å². The quantitative estimate of drug-likeness (QED) is 0.522. The number of carbonyl (C=O) groups is 2. The average molecular weight is 308 g/mol. The fourth-order valence-electron chi connectivity index (χ4n) is 2.01. The molecule has 0 aromatic heterocycles. The van der Waals surface area contributed by atoms with Crippen LogP contribution in [0.4, 0.5) is 0 Å². The SMILES string of the molecule is COC(=O)/C=C/c1cccc(O)c1C(=O)/C=C/c1ccccc1. The summed E-state index contributed by atoms with van der Waals surface area (Å²) in [5.74, 6) is -1.03. The highest BCUT2D eigenvalue weighted by Gasteiger charge is 2.12. The van der Waals surface area contributed by atoms with Gasteiger partial charge in [0.05, 0.1) is 12.7 Å². The van der Waals surface area contributed by atoms with Gasteiger partial charge in [-0.3, -0.25) is 4.79 Å². The molecular formula is C19H16O4. The van der Waals surface area contributed by atoms with E-state index in [4.69, 9.17) is 0 Å². The van der Waals surface area contributed by atoms with E-state index in [1.165, 1.54) is 31.4 Å². The Morgan fingerprint density at radius 3 is 2.39 bits per heavy atom. The maximum absolute atomic E-state index is 12.4. The summed E-state index contributed by atoms with van der Waals surface area (Å²) in [5.41, 5.74) is 1.46. The summed E-state index contributed by atoms with van der Waals surface area (Å²) < 4.78 is 4.52. The largest absolute Gasteiger partial charge is 0.507 e. The number of hydrogen-bond acceptors (Lipinski definition) is 4. The van der Waals surface area contributed by atoms with Gasteiger partial charge in [-0.2, -0.15) is 0 Å². The van der Waals surface area contributed by atoms with Crippen molar-refractivity contribution < 1.29 is 19.4 Å². The maximum Gasteiger partial charge on any atom is 0.330 e. The molecule has 1 N–H and O–H groups in total.